The lowest BCUT2D eigenvalue weighted by Crippen LogP contribution is -2.38. The summed E-state index contributed by atoms with van der Waals surface area (Å²) in [7, 11) is 0. The molecule has 1 aliphatic heterocycles. The second kappa shape index (κ2) is 8.99. The van der Waals surface area contributed by atoms with Crippen LogP contribution in [0.4, 0.5) is 0 Å². The molecule has 0 spiro atoms. The lowest BCUT2D eigenvalue weighted by Gasteiger charge is -2.29. The Balaban J connectivity index is 2.73. The van der Waals surface area contributed by atoms with Gasteiger partial charge in [0.25, 0.3) is 0 Å². The molecule has 23 heavy (non-hydrogen) atoms. The molecule has 128 valence electrons. The van der Waals surface area contributed by atoms with E-state index in [1.807, 2.05) is 0 Å². The van der Waals surface area contributed by atoms with Gasteiger partial charge in [0.2, 0.25) is 5.72 Å². The molecule has 0 radical (unpaired) electrons. The van der Waals surface area contributed by atoms with Gasteiger partial charge in [0.15, 0.2) is 0 Å². The molecule has 1 saturated heterocycles. The number of hydrogen-bond acceptors (Lipinski definition) is 9. The summed E-state index contributed by atoms with van der Waals surface area (Å²) < 4.78 is 19.7. The van der Waals surface area contributed by atoms with Crippen molar-refractivity contribution in [2.75, 3.05) is 26.4 Å². The third-order valence-corrected chi connectivity index (χ3v) is 2.97. The number of hydrogen-bond donors (Lipinski definition) is 0. The first kappa shape index (κ1) is 18.8. The molecule has 9 nitrogen and oxygen atoms in total. The Kier molecular flexibility index (Phi) is 7.33. The number of nitroso groups, excluding NO2 is 1. The number of esters is 3. The molecule has 1 aliphatic rings. The highest BCUT2D eigenvalue weighted by Crippen LogP contribution is 2.26. The zero-order valence-electron chi connectivity index (χ0n) is 13.0. The highest BCUT2D eigenvalue weighted by Gasteiger charge is 2.37. The van der Waals surface area contributed by atoms with Gasteiger partial charge in [-0.25, -0.2) is 4.79 Å². The molecule has 0 amide bonds. The van der Waals surface area contributed by atoms with E-state index in [0.717, 1.165) is 6.08 Å². The highest BCUT2D eigenvalue weighted by atomic mass is 16.6. The van der Waals surface area contributed by atoms with Gasteiger partial charge < -0.3 is 18.9 Å². The smallest absolute Gasteiger partial charge is 0.333 e. The van der Waals surface area contributed by atoms with Crippen molar-refractivity contribution < 1.29 is 33.3 Å². The van der Waals surface area contributed by atoms with E-state index >= 15 is 0 Å². The largest absolute Gasteiger partial charge is 0.461 e. The minimum Gasteiger partial charge on any atom is -0.461 e. The topological polar surface area (TPSA) is 118 Å². The SMILES string of the molecule is CC(=O)OCC(=CC(=O)OC1(N=O)CCOCC1)COC(C)=O. The van der Waals surface area contributed by atoms with Gasteiger partial charge in [-0.15, -0.1) is 4.91 Å². The Morgan fingerprint density at radius 2 is 1.61 bits per heavy atom. The lowest BCUT2D eigenvalue weighted by molar-refractivity contribution is -0.162. The Morgan fingerprint density at radius 1 is 1.09 bits per heavy atom. The van der Waals surface area contributed by atoms with E-state index in [4.69, 9.17) is 18.9 Å². The van der Waals surface area contributed by atoms with Gasteiger partial charge in [0.1, 0.15) is 13.2 Å². The van der Waals surface area contributed by atoms with E-state index < -0.39 is 23.6 Å². The fourth-order valence-electron chi connectivity index (χ4n) is 1.80. The summed E-state index contributed by atoms with van der Waals surface area (Å²) in [4.78, 5) is 44.6. The van der Waals surface area contributed by atoms with Crippen LogP contribution in [0.5, 0.6) is 0 Å². The highest BCUT2D eigenvalue weighted by molar-refractivity contribution is 5.83. The van der Waals surface area contributed by atoms with E-state index in [1.54, 1.807) is 0 Å². The van der Waals surface area contributed by atoms with Crippen molar-refractivity contribution >= 4 is 17.9 Å². The van der Waals surface area contributed by atoms with E-state index in [1.165, 1.54) is 13.8 Å². The molecule has 0 N–H and O–H groups in total. The molecule has 9 heteroatoms. The average Bonchev–Trinajstić information content (AvgIpc) is 2.50. The predicted molar refractivity (Wildman–Crippen MR) is 76.0 cm³/mol. The second-order valence-electron chi connectivity index (χ2n) is 4.93. The molecule has 0 aromatic rings. The summed E-state index contributed by atoms with van der Waals surface area (Å²) in [6, 6.07) is 0. The van der Waals surface area contributed by atoms with E-state index in [0.29, 0.717) is 0 Å². The minimum absolute atomic E-state index is 0.166. The summed E-state index contributed by atoms with van der Waals surface area (Å²) in [6.45, 7) is 2.46. The molecule has 0 aromatic carbocycles. The fraction of sp³-hybridized carbons (Fsp3) is 0.643. The zero-order valence-corrected chi connectivity index (χ0v) is 13.0. The summed E-state index contributed by atoms with van der Waals surface area (Å²) >= 11 is 0. The molecule has 0 aliphatic carbocycles. The van der Waals surface area contributed by atoms with Gasteiger partial charge >= 0.3 is 17.9 Å². The van der Waals surface area contributed by atoms with Crippen LogP contribution >= 0.6 is 0 Å². The second-order valence-corrected chi connectivity index (χ2v) is 4.93. The van der Waals surface area contributed by atoms with Crippen LogP contribution in [0.25, 0.3) is 0 Å². The Hall–Kier alpha value is -2.29. The van der Waals surface area contributed by atoms with Crippen LogP contribution in [0.15, 0.2) is 16.8 Å². The van der Waals surface area contributed by atoms with Crippen LogP contribution in [0, 0.1) is 4.91 Å². The molecule has 0 aromatic heterocycles. The monoisotopic (exact) mass is 329 g/mol. The van der Waals surface area contributed by atoms with Crippen LogP contribution in [-0.2, 0) is 33.3 Å². The van der Waals surface area contributed by atoms with Crippen molar-refractivity contribution in [1.82, 2.24) is 0 Å². The molecule has 0 unspecified atom stereocenters. The third kappa shape index (κ3) is 7.00. The number of carbonyl (C=O) groups excluding carboxylic acids is 3. The van der Waals surface area contributed by atoms with Gasteiger partial charge in [-0.05, 0) is 5.18 Å². The number of nitrogens with zero attached hydrogens (tertiary/aromatic N) is 1. The maximum absolute atomic E-state index is 12.0. The van der Waals surface area contributed by atoms with E-state index in [-0.39, 0.29) is 44.8 Å². The van der Waals surface area contributed by atoms with Gasteiger partial charge in [-0.2, -0.15) is 0 Å². The van der Waals surface area contributed by atoms with E-state index in [2.05, 4.69) is 5.18 Å². The van der Waals surface area contributed by atoms with Gasteiger partial charge in [-0.3, -0.25) is 9.59 Å². The molecule has 1 heterocycles. The van der Waals surface area contributed by atoms with Crippen LogP contribution in [0.3, 0.4) is 0 Å². The summed E-state index contributed by atoms with van der Waals surface area (Å²) in [6.07, 6.45) is 1.35. The molecule has 1 rings (SSSR count). The first-order valence-electron chi connectivity index (χ1n) is 6.98. The Morgan fingerprint density at radius 3 is 2.04 bits per heavy atom. The molecule has 1 fully saturated rings. The maximum atomic E-state index is 12.0. The van der Waals surface area contributed by atoms with E-state index in [9.17, 15) is 19.3 Å². The van der Waals surface area contributed by atoms with Crippen molar-refractivity contribution in [2.24, 2.45) is 5.18 Å². The molecule has 0 atom stereocenters. The maximum Gasteiger partial charge on any atom is 0.333 e. The molecule has 0 bridgehead atoms. The van der Waals surface area contributed by atoms with Crippen molar-refractivity contribution in [3.8, 4) is 0 Å². The summed E-state index contributed by atoms with van der Waals surface area (Å²) in [5, 5.41) is 2.90. The summed E-state index contributed by atoms with van der Waals surface area (Å²) in [5.41, 5.74) is -1.24. The molecule has 0 saturated carbocycles. The quantitative estimate of drug-likeness (QED) is 0.292. The van der Waals surface area contributed by atoms with Gasteiger partial charge in [0.05, 0.1) is 13.2 Å². The van der Waals surface area contributed by atoms with Crippen molar-refractivity contribution in [1.29, 1.82) is 0 Å². The number of rotatable bonds is 7. The third-order valence-electron chi connectivity index (χ3n) is 2.97. The van der Waals surface area contributed by atoms with Crippen LogP contribution < -0.4 is 0 Å². The van der Waals surface area contributed by atoms with Gasteiger partial charge in [-0.1, -0.05) is 0 Å². The first-order valence-corrected chi connectivity index (χ1v) is 6.98. The van der Waals surface area contributed by atoms with Gasteiger partial charge in [0, 0.05) is 38.3 Å². The standard InChI is InChI=1S/C14H19NO8/c1-10(16)21-8-12(9-22-11(2)17)7-13(18)23-14(15-19)3-5-20-6-4-14/h7H,3-6,8-9H2,1-2H3. The Bertz CT molecular complexity index is 473. The zero-order chi connectivity index (χ0) is 17.3. The number of ether oxygens (including phenoxy) is 4. The van der Waals surface area contributed by atoms with Crippen molar-refractivity contribution in [2.45, 2.75) is 32.4 Å². The van der Waals surface area contributed by atoms with Crippen LogP contribution in [-0.4, -0.2) is 50.1 Å². The fourth-order valence-corrected chi connectivity index (χ4v) is 1.80. The molecular weight excluding hydrogens is 310 g/mol. The predicted octanol–water partition coefficient (Wildman–Crippen LogP) is 0.855. The van der Waals surface area contributed by atoms with Crippen molar-refractivity contribution in [3.63, 3.8) is 0 Å². The lowest BCUT2D eigenvalue weighted by atomic mass is 10.1. The van der Waals surface area contributed by atoms with Crippen molar-refractivity contribution in [3.05, 3.63) is 16.6 Å². The average molecular weight is 329 g/mol. The number of carbonyl (C=O) groups is 3. The van der Waals surface area contributed by atoms with Crippen LogP contribution in [0.2, 0.25) is 0 Å². The summed E-state index contributed by atoms with van der Waals surface area (Å²) in [5.74, 6) is -1.94. The van der Waals surface area contributed by atoms with Crippen LogP contribution in [0.1, 0.15) is 26.7 Å². The molecular formula is C14H19NO8. The Labute approximate surface area is 132 Å². The normalized spacial score (nSPS) is 15.9. The minimum atomic E-state index is -1.46. The first-order chi connectivity index (χ1) is 10.9.